The third-order valence-corrected chi connectivity index (χ3v) is 2.77. The summed E-state index contributed by atoms with van der Waals surface area (Å²) >= 11 is 1.79. The highest BCUT2D eigenvalue weighted by Crippen LogP contribution is 2.27. The molecule has 78 valence electrons. The van der Waals surface area contributed by atoms with E-state index < -0.39 is 12.2 Å². The maximum atomic E-state index is 12.6. The number of ketones is 1. The Balaban J connectivity index is 3.47. The second-order valence-electron chi connectivity index (χ2n) is 2.89. The highest BCUT2D eigenvalue weighted by atomic mass is 127. The van der Waals surface area contributed by atoms with Crippen LogP contribution >= 0.6 is 22.6 Å². The van der Waals surface area contributed by atoms with Crippen LogP contribution in [0.15, 0.2) is 12.1 Å². The van der Waals surface area contributed by atoms with Gasteiger partial charge in [0, 0.05) is 14.7 Å². The Morgan fingerprint density at radius 3 is 2.53 bits per heavy atom. The van der Waals surface area contributed by atoms with Gasteiger partial charge in [0.25, 0.3) is 6.43 Å². The normalized spacial score (nSPS) is 10.1. The Morgan fingerprint density at radius 2 is 2.13 bits per heavy atom. The van der Waals surface area contributed by atoms with Gasteiger partial charge >= 0.3 is 0 Å². The number of nitriles is 1. The van der Waals surface area contributed by atoms with Crippen molar-refractivity contribution in [3.05, 3.63) is 32.4 Å². The van der Waals surface area contributed by atoms with Gasteiger partial charge in [0.1, 0.15) is 6.07 Å². The van der Waals surface area contributed by atoms with E-state index in [1.807, 2.05) is 6.07 Å². The van der Waals surface area contributed by atoms with E-state index in [2.05, 4.69) is 0 Å². The average molecular weight is 321 g/mol. The fourth-order valence-electron chi connectivity index (χ4n) is 1.16. The molecule has 0 amide bonds. The quantitative estimate of drug-likeness (QED) is 0.619. The number of carbonyl (C=O) groups is 1. The third-order valence-electron chi connectivity index (χ3n) is 1.87. The number of halogens is 3. The second-order valence-corrected chi connectivity index (χ2v) is 4.05. The van der Waals surface area contributed by atoms with Crippen LogP contribution in [-0.4, -0.2) is 5.78 Å². The first-order valence-electron chi connectivity index (χ1n) is 4.00. The molecule has 0 aliphatic carbocycles. The molecule has 0 atom stereocenters. The summed E-state index contributed by atoms with van der Waals surface area (Å²) in [5.41, 5.74) is -0.155. The smallest absolute Gasteiger partial charge is 0.264 e. The van der Waals surface area contributed by atoms with E-state index in [4.69, 9.17) is 5.26 Å². The van der Waals surface area contributed by atoms with Gasteiger partial charge in [-0.25, -0.2) is 8.78 Å². The lowest BCUT2D eigenvalue weighted by Crippen LogP contribution is -2.02. The predicted molar refractivity (Wildman–Crippen MR) is 58.8 cm³/mol. The van der Waals surface area contributed by atoms with Crippen LogP contribution in [-0.2, 0) is 0 Å². The molecule has 1 aromatic carbocycles. The third kappa shape index (κ3) is 2.50. The van der Waals surface area contributed by atoms with Gasteiger partial charge in [-0.05, 0) is 41.6 Å². The monoisotopic (exact) mass is 321 g/mol. The molecule has 0 N–H and O–H groups in total. The molecule has 0 saturated carbocycles. The van der Waals surface area contributed by atoms with E-state index in [0.29, 0.717) is 3.57 Å². The van der Waals surface area contributed by atoms with E-state index in [9.17, 15) is 13.6 Å². The van der Waals surface area contributed by atoms with E-state index in [-0.39, 0.29) is 16.7 Å². The summed E-state index contributed by atoms with van der Waals surface area (Å²) in [6.45, 7) is 1.20. The van der Waals surface area contributed by atoms with Crippen LogP contribution in [0.1, 0.15) is 34.8 Å². The topological polar surface area (TPSA) is 40.9 Å². The van der Waals surface area contributed by atoms with Crippen molar-refractivity contribution in [2.75, 3.05) is 0 Å². The zero-order valence-corrected chi connectivity index (χ0v) is 9.88. The summed E-state index contributed by atoms with van der Waals surface area (Å²) < 4.78 is 25.6. The van der Waals surface area contributed by atoms with Gasteiger partial charge in [-0.2, -0.15) is 5.26 Å². The summed E-state index contributed by atoms with van der Waals surface area (Å²) in [5.74, 6) is -0.460. The van der Waals surface area contributed by atoms with Crippen LogP contribution in [0.3, 0.4) is 0 Å². The molecular weight excluding hydrogens is 315 g/mol. The van der Waals surface area contributed by atoms with E-state index in [0.717, 1.165) is 0 Å². The first-order valence-corrected chi connectivity index (χ1v) is 5.08. The number of carbonyl (C=O) groups excluding carboxylic acids is 1. The van der Waals surface area contributed by atoms with E-state index >= 15 is 0 Å². The van der Waals surface area contributed by atoms with Crippen molar-refractivity contribution < 1.29 is 13.6 Å². The van der Waals surface area contributed by atoms with Gasteiger partial charge < -0.3 is 0 Å². The van der Waals surface area contributed by atoms with E-state index in [1.54, 1.807) is 22.6 Å². The number of Topliss-reactive ketones (excluding diaryl/α,β-unsaturated/α-hetero) is 1. The zero-order valence-electron chi connectivity index (χ0n) is 7.72. The summed E-state index contributed by atoms with van der Waals surface area (Å²) in [5, 5.41) is 8.70. The molecule has 0 aromatic heterocycles. The lowest BCUT2D eigenvalue weighted by Gasteiger charge is -2.07. The molecular formula is C10H6F2INO. The van der Waals surface area contributed by atoms with Crippen LogP contribution in [0.2, 0.25) is 0 Å². The molecule has 0 radical (unpaired) electrons. The second kappa shape index (κ2) is 4.66. The Hall–Kier alpha value is -1.03. The Kier molecular flexibility index (Phi) is 3.74. The summed E-state index contributed by atoms with van der Waals surface area (Å²) in [6, 6.07) is 4.25. The standard InChI is InChI=1S/C10H6F2INO/c1-5(15)7-2-6(4-14)9(13)3-8(7)10(11)12/h2-3,10H,1H3. The van der Waals surface area contributed by atoms with Crippen molar-refractivity contribution in [3.8, 4) is 6.07 Å². The van der Waals surface area contributed by atoms with Gasteiger partial charge in [0.2, 0.25) is 0 Å². The Morgan fingerprint density at radius 1 is 1.53 bits per heavy atom. The maximum Gasteiger partial charge on any atom is 0.264 e. The van der Waals surface area contributed by atoms with E-state index in [1.165, 1.54) is 19.1 Å². The van der Waals surface area contributed by atoms with Crippen molar-refractivity contribution >= 4 is 28.4 Å². The number of alkyl halides is 2. The number of nitrogens with zero attached hydrogens (tertiary/aromatic N) is 1. The van der Waals surface area contributed by atoms with Crippen LogP contribution in [0.4, 0.5) is 8.78 Å². The molecule has 0 unspecified atom stereocenters. The van der Waals surface area contributed by atoms with Crippen LogP contribution in [0, 0.1) is 14.9 Å². The molecule has 0 spiro atoms. The highest BCUT2D eigenvalue weighted by molar-refractivity contribution is 14.1. The Bertz CT molecular complexity index is 451. The lowest BCUT2D eigenvalue weighted by atomic mass is 10.0. The number of hydrogen-bond donors (Lipinski definition) is 0. The molecule has 0 fully saturated rings. The Labute approximate surface area is 99.0 Å². The molecule has 2 nitrogen and oxygen atoms in total. The largest absolute Gasteiger partial charge is 0.294 e. The maximum absolute atomic E-state index is 12.6. The van der Waals surface area contributed by atoms with Crippen molar-refractivity contribution in [2.24, 2.45) is 0 Å². The molecule has 15 heavy (non-hydrogen) atoms. The van der Waals surface area contributed by atoms with Crippen molar-refractivity contribution in [3.63, 3.8) is 0 Å². The first-order chi connectivity index (χ1) is 6.97. The fourth-order valence-corrected chi connectivity index (χ4v) is 1.77. The van der Waals surface area contributed by atoms with Gasteiger partial charge in [-0.1, -0.05) is 0 Å². The minimum atomic E-state index is -2.70. The summed E-state index contributed by atoms with van der Waals surface area (Å²) in [7, 11) is 0. The van der Waals surface area contributed by atoms with Crippen LogP contribution in [0.25, 0.3) is 0 Å². The van der Waals surface area contributed by atoms with Gasteiger partial charge in [-0.15, -0.1) is 0 Å². The van der Waals surface area contributed by atoms with Crippen molar-refractivity contribution in [1.82, 2.24) is 0 Å². The van der Waals surface area contributed by atoms with Gasteiger partial charge in [-0.3, -0.25) is 4.79 Å². The minimum Gasteiger partial charge on any atom is -0.294 e. The zero-order chi connectivity index (χ0) is 11.6. The van der Waals surface area contributed by atoms with Crippen LogP contribution < -0.4 is 0 Å². The van der Waals surface area contributed by atoms with Crippen LogP contribution in [0.5, 0.6) is 0 Å². The molecule has 0 aliphatic rings. The predicted octanol–water partition coefficient (Wildman–Crippen LogP) is 3.30. The number of rotatable bonds is 2. The minimum absolute atomic E-state index is 0.0815. The lowest BCUT2D eigenvalue weighted by molar-refractivity contribution is 0.0999. The van der Waals surface area contributed by atoms with Crippen molar-refractivity contribution in [2.45, 2.75) is 13.3 Å². The SMILES string of the molecule is CC(=O)c1cc(C#N)c(I)cc1C(F)F. The first kappa shape index (κ1) is 12.0. The van der Waals surface area contributed by atoms with Gasteiger partial charge in [0.05, 0.1) is 5.56 Å². The molecule has 5 heteroatoms. The molecule has 0 bridgehead atoms. The molecule has 1 aromatic rings. The van der Waals surface area contributed by atoms with Gasteiger partial charge in [0.15, 0.2) is 5.78 Å². The fraction of sp³-hybridized carbons (Fsp3) is 0.200. The molecule has 1 rings (SSSR count). The average Bonchev–Trinajstić information content (AvgIpc) is 2.16. The summed E-state index contributed by atoms with van der Waals surface area (Å²) in [6.07, 6.45) is -2.70. The number of benzene rings is 1. The molecule has 0 saturated heterocycles. The summed E-state index contributed by atoms with van der Waals surface area (Å²) in [4.78, 5) is 11.1. The number of hydrogen-bond acceptors (Lipinski definition) is 2. The molecule has 0 heterocycles. The molecule has 0 aliphatic heterocycles. The highest BCUT2D eigenvalue weighted by Gasteiger charge is 2.18. The van der Waals surface area contributed by atoms with Crippen molar-refractivity contribution in [1.29, 1.82) is 5.26 Å².